The molecule has 6 heteroatoms. The quantitative estimate of drug-likeness (QED) is 0.614. The lowest BCUT2D eigenvalue weighted by molar-refractivity contribution is 0.180. The zero-order valence-electron chi connectivity index (χ0n) is 16.5. The van der Waals surface area contributed by atoms with E-state index < -0.39 is 10.0 Å². The first-order valence-electron chi connectivity index (χ1n) is 9.86. The Balaban J connectivity index is 1.48. The van der Waals surface area contributed by atoms with Gasteiger partial charge in [0.2, 0.25) is 10.0 Å². The van der Waals surface area contributed by atoms with Crippen molar-refractivity contribution in [2.45, 2.75) is 31.7 Å². The van der Waals surface area contributed by atoms with Crippen LogP contribution < -0.4 is 4.72 Å². The molecule has 1 aliphatic heterocycles. The lowest BCUT2D eigenvalue weighted by atomic mass is 9.97. The molecule has 1 atom stereocenters. The zero-order chi connectivity index (χ0) is 20.3. The average molecular weight is 427 g/mol. The second-order valence-corrected chi connectivity index (χ2v) is 10.2. The third-order valence-electron chi connectivity index (χ3n) is 5.46. The Labute approximate surface area is 177 Å². The van der Waals surface area contributed by atoms with Crippen LogP contribution in [0.15, 0.2) is 65.4 Å². The van der Waals surface area contributed by atoms with Crippen molar-refractivity contribution >= 4 is 21.4 Å². The minimum Gasteiger partial charge on any atom is -0.290 e. The van der Waals surface area contributed by atoms with Gasteiger partial charge in [0.05, 0.1) is 5.75 Å². The van der Waals surface area contributed by atoms with E-state index in [0.717, 1.165) is 30.6 Å². The van der Waals surface area contributed by atoms with Gasteiger partial charge in [-0.2, -0.15) is 11.3 Å². The van der Waals surface area contributed by atoms with Crippen molar-refractivity contribution in [2.75, 3.05) is 13.1 Å². The molecule has 0 aliphatic carbocycles. The maximum Gasteiger partial charge on any atom is 0.215 e. The van der Waals surface area contributed by atoms with Crippen LogP contribution in [0.5, 0.6) is 0 Å². The van der Waals surface area contributed by atoms with Gasteiger partial charge < -0.3 is 0 Å². The predicted octanol–water partition coefficient (Wildman–Crippen LogP) is 4.28. The lowest BCUT2D eigenvalue weighted by Gasteiger charge is -2.35. The first-order valence-corrected chi connectivity index (χ1v) is 12.5. The molecule has 1 unspecified atom stereocenters. The number of hydrogen-bond donors (Lipinski definition) is 1. The first-order chi connectivity index (χ1) is 14.0. The number of aryl methyl sites for hydroxylation is 1. The molecule has 1 aromatic heterocycles. The third-order valence-corrected chi connectivity index (χ3v) is 7.49. The lowest BCUT2D eigenvalue weighted by Crippen LogP contribution is -2.40. The molecule has 0 bridgehead atoms. The summed E-state index contributed by atoms with van der Waals surface area (Å²) >= 11 is 1.65. The van der Waals surface area contributed by atoms with Crippen LogP contribution in [-0.4, -0.2) is 26.4 Å². The van der Waals surface area contributed by atoms with Crippen LogP contribution in [-0.2, 0) is 28.7 Å². The van der Waals surface area contributed by atoms with E-state index in [-0.39, 0.29) is 11.8 Å². The van der Waals surface area contributed by atoms with Crippen molar-refractivity contribution in [1.29, 1.82) is 0 Å². The Hall–Kier alpha value is -1.99. The summed E-state index contributed by atoms with van der Waals surface area (Å²) < 4.78 is 28.4. The summed E-state index contributed by atoms with van der Waals surface area (Å²) in [4.78, 5) is 2.39. The Bertz CT molecular complexity index is 1060. The van der Waals surface area contributed by atoms with E-state index in [9.17, 15) is 8.42 Å². The van der Waals surface area contributed by atoms with E-state index in [0.29, 0.717) is 6.54 Å². The van der Waals surface area contributed by atoms with Crippen LogP contribution in [0.25, 0.3) is 0 Å². The highest BCUT2D eigenvalue weighted by atomic mass is 32.2. The van der Waals surface area contributed by atoms with E-state index in [2.05, 4.69) is 50.7 Å². The van der Waals surface area contributed by atoms with Crippen molar-refractivity contribution in [1.82, 2.24) is 9.62 Å². The molecule has 3 aromatic rings. The third kappa shape index (κ3) is 5.14. The molecule has 0 spiro atoms. The molecular formula is C23H26N2O2S2. The van der Waals surface area contributed by atoms with E-state index in [4.69, 9.17) is 0 Å². The fraction of sp³-hybridized carbons (Fsp3) is 0.304. The number of fused-ring (bicyclic) bond motifs is 1. The van der Waals surface area contributed by atoms with Gasteiger partial charge in [-0.15, -0.1) is 0 Å². The minimum absolute atomic E-state index is 0.00781. The molecule has 0 saturated carbocycles. The molecule has 1 N–H and O–H groups in total. The number of nitrogens with zero attached hydrogens (tertiary/aromatic N) is 1. The van der Waals surface area contributed by atoms with Crippen LogP contribution in [0.4, 0.5) is 0 Å². The molecule has 0 fully saturated rings. The molecule has 2 aromatic carbocycles. The second-order valence-electron chi connectivity index (χ2n) is 7.66. The van der Waals surface area contributed by atoms with Gasteiger partial charge in [-0.25, -0.2) is 13.1 Å². The highest BCUT2D eigenvalue weighted by Gasteiger charge is 2.26. The topological polar surface area (TPSA) is 49.4 Å². The van der Waals surface area contributed by atoms with E-state index in [1.807, 2.05) is 31.2 Å². The molecule has 4 rings (SSSR count). The van der Waals surface area contributed by atoms with Gasteiger partial charge in [-0.05, 0) is 52.4 Å². The summed E-state index contributed by atoms with van der Waals surface area (Å²) in [5, 5.41) is 4.18. The number of hydrogen-bond acceptors (Lipinski definition) is 4. The Morgan fingerprint density at radius 3 is 2.69 bits per heavy atom. The Morgan fingerprint density at radius 2 is 1.93 bits per heavy atom. The highest BCUT2D eigenvalue weighted by molar-refractivity contribution is 7.88. The number of rotatable bonds is 7. The molecule has 1 aliphatic rings. The summed E-state index contributed by atoms with van der Waals surface area (Å²) in [5.41, 5.74) is 5.79. The average Bonchev–Trinajstić information content (AvgIpc) is 3.22. The van der Waals surface area contributed by atoms with Crippen molar-refractivity contribution in [3.63, 3.8) is 0 Å². The normalized spacial score (nSPS) is 15.8. The molecule has 0 saturated heterocycles. The fourth-order valence-corrected chi connectivity index (χ4v) is 5.82. The standard InChI is InChI=1S/C23H26N2O2S2/c1-18-5-4-6-19(13-18)17-29(26,27)24-14-23(22-10-12-28-16-22)25-11-9-20-7-2-3-8-21(20)15-25/h2-8,10,12-13,16,23-24H,9,11,14-15,17H2,1H3. The fourth-order valence-electron chi connectivity index (χ4n) is 3.98. The first kappa shape index (κ1) is 20.3. The van der Waals surface area contributed by atoms with E-state index in [1.165, 1.54) is 16.7 Å². The number of sulfonamides is 1. The maximum absolute atomic E-state index is 12.7. The summed E-state index contributed by atoms with van der Waals surface area (Å²) in [6.45, 7) is 4.13. The van der Waals surface area contributed by atoms with Crippen LogP contribution in [0.1, 0.15) is 33.9 Å². The van der Waals surface area contributed by atoms with Crippen LogP contribution >= 0.6 is 11.3 Å². The van der Waals surface area contributed by atoms with Crippen LogP contribution in [0.2, 0.25) is 0 Å². The molecule has 29 heavy (non-hydrogen) atoms. The van der Waals surface area contributed by atoms with Gasteiger partial charge in [0.15, 0.2) is 0 Å². The van der Waals surface area contributed by atoms with Gasteiger partial charge in [0, 0.05) is 25.7 Å². The van der Waals surface area contributed by atoms with Gasteiger partial charge in [0.25, 0.3) is 0 Å². The molecule has 2 heterocycles. The molecule has 0 amide bonds. The minimum atomic E-state index is -3.41. The van der Waals surface area contributed by atoms with Gasteiger partial charge in [-0.3, -0.25) is 4.90 Å². The number of thiophene rings is 1. The summed E-state index contributed by atoms with van der Waals surface area (Å²) in [5.74, 6) is 0.00781. The largest absolute Gasteiger partial charge is 0.290 e. The van der Waals surface area contributed by atoms with Crippen molar-refractivity contribution in [2.24, 2.45) is 0 Å². The Kier molecular flexibility index (Phi) is 6.15. The number of nitrogens with one attached hydrogen (secondary N) is 1. The summed E-state index contributed by atoms with van der Waals surface area (Å²) in [7, 11) is -3.41. The SMILES string of the molecule is Cc1cccc(CS(=O)(=O)NCC(c2ccsc2)N2CCc3ccccc3C2)c1. The monoisotopic (exact) mass is 426 g/mol. The van der Waals surface area contributed by atoms with Gasteiger partial charge in [-0.1, -0.05) is 54.1 Å². The van der Waals surface area contributed by atoms with Crippen molar-refractivity contribution < 1.29 is 8.42 Å². The molecule has 4 nitrogen and oxygen atoms in total. The zero-order valence-corrected chi connectivity index (χ0v) is 18.2. The number of benzene rings is 2. The van der Waals surface area contributed by atoms with Crippen LogP contribution in [0, 0.1) is 6.92 Å². The molecular weight excluding hydrogens is 400 g/mol. The predicted molar refractivity (Wildman–Crippen MR) is 119 cm³/mol. The Morgan fingerprint density at radius 1 is 1.10 bits per heavy atom. The molecule has 0 radical (unpaired) electrons. The van der Waals surface area contributed by atoms with Gasteiger partial charge >= 0.3 is 0 Å². The summed E-state index contributed by atoms with van der Waals surface area (Å²) in [6.07, 6.45) is 0.993. The summed E-state index contributed by atoms with van der Waals surface area (Å²) in [6, 6.07) is 18.3. The second kappa shape index (κ2) is 8.79. The van der Waals surface area contributed by atoms with E-state index in [1.54, 1.807) is 11.3 Å². The van der Waals surface area contributed by atoms with Crippen molar-refractivity contribution in [3.8, 4) is 0 Å². The van der Waals surface area contributed by atoms with Gasteiger partial charge in [0.1, 0.15) is 0 Å². The highest BCUT2D eigenvalue weighted by Crippen LogP contribution is 2.29. The van der Waals surface area contributed by atoms with E-state index >= 15 is 0 Å². The van der Waals surface area contributed by atoms with Crippen molar-refractivity contribution in [3.05, 3.63) is 93.2 Å². The smallest absolute Gasteiger partial charge is 0.215 e. The van der Waals surface area contributed by atoms with Crippen LogP contribution in [0.3, 0.4) is 0 Å². The molecule has 152 valence electrons. The maximum atomic E-state index is 12.7.